The number of amides is 1. The third-order valence-corrected chi connectivity index (χ3v) is 6.11. The molecule has 0 radical (unpaired) electrons. The average molecular weight is 512 g/mol. The van der Waals surface area contributed by atoms with Gasteiger partial charge in [0.1, 0.15) is 11.9 Å². The number of methoxy groups -OCH3 is 1. The Morgan fingerprint density at radius 1 is 1.22 bits per heavy atom. The van der Waals surface area contributed by atoms with Crippen molar-refractivity contribution in [1.29, 1.82) is 0 Å². The van der Waals surface area contributed by atoms with Gasteiger partial charge in [0.2, 0.25) is 0 Å². The highest BCUT2D eigenvalue weighted by Gasteiger charge is 2.42. The number of nitrogens with one attached hydrogen (secondary N) is 2. The minimum Gasteiger partial charge on any atom is -0.495 e. The van der Waals surface area contributed by atoms with Crippen LogP contribution in [0.25, 0.3) is 0 Å². The summed E-state index contributed by atoms with van der Waals surface area (Å²) in [5.74, 6) is 0.599. The van der Waals surface area contributed by atoms with Gasteiger partial charge in [-0.05, 0) is 40.4 Å². The Hall–Kier alpha value is -1.71. The number of ether oxygens (including phenoxy) is 1. The third-order valence-electron chi connectivity index (χ3n) is 4.49. The standard InChI is InChI=1S/C18H16Br2N4O2S/c1-26-15-11(7-9(19)8-12(15)20)16-21-13-6-4-3-5-10(13)14-17(25)22-18(27-2)23-24(14)16/h3-8,14,16,21H,1-2H3,(H,22,23,25)/t14-,16+/m0/s1. The lowest BCUT2D eigenvalue weighted by molar-refractivity contribution is -0.127. The molecule has 4 rings (SSSR count). The van der Waals surface area contributed by atoms with E-state index in [1.165, 1.54) is 11.8 Å². The van der Waals surface area contributed by atoms with Crippen LogP contribution in [0.3, 0.4) is 0 Å². The Kier molecular flexibility index (Phi) is 5.09. The van der Waals surface area contributed by atoms with Crippen LogP contribution in [0.1, 0.15) is 23.3 Å². The lowest BCUT2D eigenvalue weighted by Gasteiger charge is -2.44. The van der Waals surface area contributed by atoms with E-state index in [1.54, 1.807) is 7.11 Å². The van der Waals surface area contributed by atoms with Crippen molar-refractivity contribution >= 4 is 60.4 Å². The van der Waals surface area contributed by atoms with Gasteiger partial charge in [0.25, 0.3) is 5.91 Å². The van der Waals surface area contributed by atoms with Crippen LogP contribution >= 0.6 is 43.6 Å². The summed E-state index contributed by atoms with van der Waals surface area (Å²) in [4.78, 5) is 12.9. The molecule has 0 spiro atoms. The van der Waals surface area contributed by atoms with Crippen LogP contribution in [-0.2, 0) is 4.79 Å². The predicted molar refractivity (Wildman–Crippen MR) is 115 cm³/mol. The number of benzene rings is 2. The van der Waals surface area contributed by atoms with E-state index in [9.17, 15) is 4.79 Å². The molecule has 0 fully saturated rings. The minimum atomic E-state index is -0.522. The zero-order valence-corrected chi connectivity index (χ0v) is 18.5. The monoisotopic (exact) mass is 510 g/mol. The first-order valence-corrected chi connectivity index (χ1v) is 10.9. The lowest BCUT2D eigenvalue weighted by Crippen LogP contribution is -2.50. The largest absolute Gasteiger partial charge is 0.495 e. The maximum atomic E-state index is 12.9. The van der Waals surface area contributed by atoms with E-state index in [0.717, 1.165) is 25.8 Å². The van der Waals surface area contributed by atoms with Crippen molar-refractivity contribution in [3.05, 3.63) is 56.5 Å². The molecule has 140 valence electrons. The van der Waals surface area contributed by atoms with E-state index >= 15 is 0 Å². The molecule has 1 amide bonds. The normalized spacial score (nSPS) is 20.8. The van der Waals surface area contributed by atoms with Gasteiger partial charge in [-0.15, -0.1) is 5.10 Å². The molecule has 2 aliphatic heterocycles. The second-order valence-electron chi connectivity index (χ2n) is 6.03. The van der Waals surface area contributed by atoms with Gasteiger partial charge in [0.05, 0.1) is 11.6 Å². The first-order chi connectivity index (χ1) is 13.0. The number of hydrogen-bond donors (Lipinski definition) is 2. The van der Waals surface area contributed by atoms with E-state index in [4.69, 9.17) is 9.84 Å². The first-order valence-electron chi connectivity index (χ1n) is 8.13. The summed E-state index contributed by atoms with van der Waals surface area (Å²) in [7, 11) is 1.63. The van der Waals surface area contributed by atoms with Crippen LogP contribution in [0.15, 0.2) is 50.4 Å². The van der Waals surface area contributed by atoms with Crippen LogP contribution in [0.2, 0.25) is 0 Å². The summed E-state index contributed by atoms with van der Waals surface area (Å²) in [6, 6.07) is 11.2. The molecule has 9 heteroatoms. The quantitative estimate of drug-likeness (QED) is 0.623. The number of fused-ring (bicyclic) bond motifs is 3. The summed E-state index contributed by atoms with van der Waals surface area (Å²) in [5, 5.41) is 13.5. The fraction of sp³-hybridized carbons (Fsp3) is 0.222. The second kappa shape index (κ2) is 7.37. The number of rotatable bonds is 2. The van der Waals surface area contributed by atoms with E-state index in [0.29, 0.717) is 10.9 Å². The zero-order valence-electron chi connectivity index (χ0n) is 14.5. The van der Waals surface area contributed by atoms with Crippen molar-refractivity contribution < 1.29 is 9.53 Å². The Morgan fingerprint density at radius 2 is 2.00 bits per heavy atom. The number of amidine groups is 1. The number of hydrogen-bond acceptors (Lipinski definition) is 6. The van der Waals surface area contributed by atoms with Gasteiger partial charge in [-0.25, -0.2) is 0 Å². The molecule has 0 bridgehead atoms. The topological polar surface area (TPSA) is 66.0 Å². The van der Waals surface area contributed by atoms with Crippen molar-refractivity contribution in [1.82, 2.24) is 10.3 Å². The maximum absolute atomic E-state index is 12.9. The van der Waals surface area contributed by atoms with Crippen molar-refractivity contribution in [2.75, 3.05) is 18.7 Å². The Bertz CT molecular complexity index is 953. The van der Waals surface area contributed by atoms with Gasteiger partial charge < -0.3 is 15.4 Å². The molecule has 0 saturated heterocycles. The number of carbonyl (C=O) groups excluding carboxylic acids is 1. The van der Waals surface area contributed by atoms with E-state index in [2.05, 4.69) is 42.5 Å². The van der Waals surface area contributed by atoms with Crippen molar-refractivity contribution in [3.63, 3.8) is 0 Å². The van der Waals surface area contributed by atoms with Crippen LogP contribution in [-0.4, -0.2) is 29.4 Å². The molecule has 0 aromatic heterocycles. The van der Waals surface area contributed by atoms with Gasteiger partial charge in [-0.2, -0.15) is 0 Å². The van der Waals surface area contributed by atoms with Gasteiger partial charge >= 0.3 is 0 Å². The highest BCUT2D eigenvalue weighted by Crippen LogP contribution is 2.46. The highest BCUT2D eigenvalue weighted by atomic mass is 79.9. The van der Waals surface area contributed by atoms with Crippen LogP contribution < -0.4 is 15.4 Å². The number of anilines is 1. The first kappa shape index (κ1) is 18.6. The molecule has 2 aromatic carbocycles. The Morgan fingerprint density at radius 3 is 2.74 bits per heavy atom. The smallest absolute Gasteiger partial charge is 0.255 e. The SMILES string of the molecule is COc1c(Br)cc(Br)cc1[C@@H]1Nc2ccccc2[C@H]2C(=O)NC(SC)=NN21. The summed E-state index contributed by atoms with van der Waals surface area (Å²) in [6.07, 6.45) is 1.51. The zero-order chi connectivity index (χ0) is 19.1. The molecule has 6 nitrogen and oxygen atoms in total. The Labute approximate surface area is 178 Å². The van der Waals surface area contributed by atoms with Gasteiger partial charge in [0.15, 0.2) is 11.2 Å². The number of carbonyl (C=O) groups is 1. The Balaban J connectivity index is 1.92. The van der Waals surface area contributed by atoms with Crippen LogP contribution in [0.5, 0.6) is 5.75 Å². The van der Waals surface area contributed by atoms with Gasteiger partial charge in [-0.1, -0.05) is 45.9 Å². The maximum Gasteiger partial charge on any atom is 0.255 e. The minimum absolute atomic E-state index is 0.0960. The lowest BCUT2D eigenvalue weighted by atomic mass is 9.97. The summed E-state index contributed by atoms with van der Waals surface area (Å²) in [5.41, 5.74) is 2.67. The second-order valence-corrected chi connectivity index (χ2v) is 8.59. The molecule has 2 heterocycles. The van der Waals surface area contributed by atoms with Crippen molar-refractivity contribution in [2.24, 2.45) is 5.10 Å². The number of thioether (sulfide) groups is 1. The molecule has 2 N–H and O–H groups in total. The highest BCUT2D eigenvalue weighted by molar-refractivity contribution is 9.11. The molecular weight excluding hydrogens is 496 g/mol. The predicted octanol–water partition coefficient (Wildman–Crippen LogP) is 4.45. The summed E-state index contributed by atoms with van der Waals surface area (Å²) >= 11 is 8.51. The molecule has 0 saturated carbocycles. The summed E-state index contributed by atoms with van der Waals surface area (Å²) in [6.45, 7) is 0. The van der Waals surface area contributed by atoms with Crippen molar-refractivity contribution in [3.8, 4) is 5.75 Å². The average Bonchev–Trinajstić information content (AvgIpc) is 2.66. The number of halogens is 2. The van der Waals surface area contributed by atoms with Gasteiger partial charge in [-0.3, -0.25) is 9.80 Å². The molecular formula is C18H16Br2N4O2S. The number of hydrazone groups is 1. The number of para-hydroxylation sites is 1. The van der Waals surface area contributed by atoms with E-state index in [-0.39, 0.29) is 12.1 Å². The van der Waals surface area contributed by atoms with Crippen LogP contribution in [0, 0.1) is 0 Å². The third kappa shape index (κ3) is 3.21. The molecule has 2 aromatic rings. The number of nitrogens with zero attached hydrogens (tertiary/aromatic N) is 2. The molecule has 0 unspecified atom stereocenters. The van der Waals surface area contributed by atoms with Crippen LogP contribution in [0.4, 0.5) is 5.69 Å². The molecule has 2 atom stereocenters. The van der Waals surface area contributed by atoms with E-state index in [1.807, 2.05) is 47.7 Å². The summed E-state index contributed by atoms with van der Waals surface area (Å²) < 4.78 is 7.37. The fourth-order valence-corrected chi connectivity index (χ4v) is 5.16. The fourth-order valence-electron chi connectivity index (χ4n) is 3.36. The van der Waals surface area contributed by atoms with Crippen molar-refractivity contribution in [2.45, 2.75) is 12.2 Å². The molecule has 2 aliphatic rings. The van der Waals surface area contributed by atoms with E-state index < -0.39 is 6.04 Å². The van der Waals surface area contributed by atoms with Gasteiger partial charge in [0, 0.05) is 21.3 Å². The molecule has 27 heavy (non-hydrogen) atoms. The molecule has 0 aliphatic carbocycles.